The van der Waals surface area contributed by atoms with Gasteiger partial charge in [-0.25, -0.2) is 0 Å². The summed E-state index contributed by atoms with van der Waals surface area (Å²) in [7, 11) is 4.53. The van der Waals surface area contributed by atoms with E-state index in [9.17, 15) is 4.79 Å². The number of hydrogen-bond donors (Lipinski definition) is 1. The molecule has 2 rings (SSSR count). The van der Waals surface area contributed by atoms with Crippen LogP contribution in [0.4, 0.5) is 5.69 Å². The van der Waals surface area contributed by atoms with Crippen LogP contribution in [0.2, 0.25) is 0 Å². The molecule has 0 unspecified atom stereocenters. The van der Waals surface area contributed by atoms with Crippen LogP contribution < -0.4 is 19.5 Å². The summed E-state index contributed by atoms with van der Waals surface area (Å²) in [5.41, 5.74) is 2.23. The Kier molecular flexibility index (Phi) is 6.81. The lowest BCUT2D eigenvalue weighted by Crippen LogP contribution is -2.15. The van der Waals surface area contributed by atoms with Crippen molar-refractivity contribution in [1.29, 1.82) is 0 Å². The second-order valence-electron chi connectivity index (χ2n) is 6.91. The first-order valence-electron chi connectivity index (χ1n) is 8.23. The van der Waals surface area contributed by atoms with Crippen LogP contribution in [-0.2, 0) is 5.41 Å². The third-order valence-corrected chi connectivity index (χ3v) is 5.54. The second-order valence-corrected chi connectivity index (χ2v) is 8.55. The summed E-state index contributed by atoms with van der Waals surface area (Å²) >= 11 is 6.98. The van der Waals surface area contributed by atoms with E-state index in [0.29, 0.717) is 33.0 Å². The summed E-state index contributed by atoms with van der Waals surface area (Å²) in [6.07, 6.45) is 0. The van der Waals surface area contributed by atoms with Crippen LogP contribution in [0.15, 0.2) is 33.2 Å². The fraction of sp³-hybridized carbons (Fsp3) is 0.350. The van der Waals surface area contributed by atoms with Crippen molar-refractivity contribution < 1.29 is 19.0 Å². The van der Waals surface area contributed by atoms with Crippen molar-refractivity contribution in [3.05, 3.63) is 44.3 Å². The Morgan fingerprint density at radius 1 is 0.963 bits per heavy atom. The summed E-state index contributed by atoms with van der Waals surface area (Å²) in [5, 5.41) is 2.92. The van der Waals surface area contributed by atoms with Crippen molar-refractivity contribution in [2.45, 2.75) is 26.2 Å². The number of nitrogens with one attached hydrogen (secondary N) is 1. The lowest BCUT2D eigenvalue weighted by molar-refractivity contribution is 0.102. The maximum atomic E-state index is 12.9. The van der Waals surface area contributed by atoms with Crippen LogP contribution in [0.3, 0.4) is 0 Å². The maximum Gasteiger partial charge on any atom is 0.257 e. The number of carbonyl (C=O) groups excluding carboxylic acids is 1. The Bertz CT molecular complexity index is 860. The Morgan fingerprint density at radius 3 is 2.07 bits per heavy atom. The van der Waals surface area contributed by atoms with Gasteiger partial charge in [-0.1, -0.05) is 26.8 Å². The summed E-state index contributed by atoms with van der Waals surface area (Å²) in [5.74, 6) is 0.915. The standard InChI is InChI=1S/C20H23Br2NO4/c1-20(2,3)11-7-8-14(13(21)9-11)23-19(24)12-10-15(25-4)17(26-5)18(27-6)16(12)22/h7-10H,1-6H3,(H,23,24). The molecule has 27 heavy (non-hydrogen) atoms. The van der Waals surface area contributed by atoms with Crippen LogP contribution in [-0.4, -0.2) is 27.2 Å². The van der Waals surface area contributed by atoms with Gasteiger partial charge < -0.3 is 19.5 Å². The number of halogens is 2. The monoisotopic (exact) mass is 499 g/mol. The number of carbonyl (C=O) groups is 1. The largest absolute Gasteiger partial charge is 0.493 e. The van der Waals surface area contributed by atoms with Gasteiger partial charge in [0.2, 0.25) is 5.75 Å². The van der Waals surface area contributed by atoms with E-state index in [0.717, 1.165) is 4.47 Å². The molecule has 0 aliphatic heterocycles. The molecule has 0 bridgehead atoms. The molecular weight excluding hydrogens is 478 g/mol. The predicted molar refractivity (Wildman–Crippen MR) is 115 cm³/mol. The molecule has 0 fully saturated rings. The minimum absolute atomic E-state index is 0.0187. The Balaban J connectivity index is 2.42. The van der Waals surface area contributed by atoms with Crippen molar-refractivity contribution >= 4 is 43.5 Å². The second kappa shape index (κ2) is 8.52. The van der Waals surface area contributed by atoms with Gasteiger partial charge in [-0.3, -0.25) is 4.79 Å². The first-order valence-corrected chi connectivity index (χ1v) is 9.82. The molecule has 0 heterocycles. The van der Waals surface area contributed by atoms with Crippen molar-refractivity contribution in [2.75, 3.05) is 26.6 Å². The van der Waals surface area contributed by atoms with Gasteiger partial charge in [0.25, 0.3) is 5.91 Å². The average molecular weight is 501 g/mol. The molecule has 2 aromatic rings. The van der Waals surface area contributed by atoms with Gasteiger partial charge in [0.1, 0.15) is 0 Å². The smallest absolute Gasteiger partial charge is 0.257 e. The SMILES string of the molecule is COc1cc(C(=O)Nc2ccc(C(C)(C)C)cc2Br)c(Br)c(OC)c1OC. The Morgan fingerprint density at radius 2 is 1.59 bits per heavy atom. The zero-order valence-corrected chi connectivity index (χ0v) is 19.4. The van der Waals surface area contributed by atoms with E-state index in [1.54, 1.807) is 6.07 Å². The highest BCUT2D eigenvalue weighted by Gasteiger charge is 2.23. The van der Waals surface area contributed by atoms with Gasteiger partial charge in [-0.05, 0) is 61.0 Å². The zero-order chi connectivity index (χ0) is 20.4. The minimum Gasteiger partial charge on any atom is -0.493 e. The summed E-state index contributed by atoms with van der Waals surface area (Å²) in [4.78, 5) is 12.9. The molecular formula is C20H23Br2NO4. The van der Waals surface area contributed by atoms with E-state index >= 15 is 0 Å². The molecule has 5 nitrogen and oxygen atoms in total. The Hall–Kier alpha value is -1.73. The van der Waals surface area contributed by atoms with Crippen LogP contribution in [0.1, 0.15) is 36.7 Å². The molecule has 0 atom stereocenters. The average Bonchev–Trinajstić information content (AvgIpc) is 2.61. The molecule has 0 spiro atoms. The van der Waals surface area contributed by atoms with E-state index < -0.39 is 0 Å². The van der Waals surface area contributed by atoms with E-state index in [4.69, 9.17) is 14.2 Å². The molecule has 2 aromatic carbocycles. The van der Waals surface area contributed by atoms with Gasteiger partial charge in [0.15, 0.2) is 11.5 Å². The molecule has 0 aliphatic carbocycles. The van der Waals surface area contributed by atoms with E-state index in [2.05, 4.69) is 57.9 Å². The number of ether oxygens (including phenoxy) is 3. The number of rotatable bonds is 5. The van der Waals surface area contributed by atoms with Gasteiger partial charge in [0.05, 0.1) is 37.1 Å². The molecule has 146 valence electrons. The number of methoxy groups -OCH3 is 3. The highest BCUT2D eigenvalue weighted by Crippen LogP contribution is 2.45. The van der Waals surface area contributed by atoms with E-state index in [1.165, 1.54) is 26.9 Å². The molecule has 7 heteroatoms. The fourth-order valence-corrected chi connectivity index (χ4v) is 3.67. The van der Waals surface area contributed by atoms with Gasteiger partial charge >= 0.3 is 0 Å². The fourth-order valence-electron chi connectivity index (χ4n) is 2.56. The van der Waals surface area contributed by atoms with Gasteiger partial charge in [0, 0.05) is 4.47 Å². The lowest BCUT2D eigenvalue weighted by atomic mass is 9.87. The van der Waals surface area contributed by atoms with E-state index in [-0.39, 0.29) is 11.3 Å². The molecule has 0 saturated carbocycles. The van der Waals surface area contributed by atoms with Crippen molar-refractivity contribution in [3.63, 3.8) is 0 Å². The van der Waals surface area contributed by atoms with Crippen LogP contribution in [0.5, 0.6) is 17.2 Å². The van der Waals surface area contributed by atoms with E-state index in [1.807, 2.05) is 18.2 Å². The van der Waals surface area contributed by atoms with Crippen LogP contribution >= 0.6 is 31.9 Å². The minimum atomic E-state index is -0.301. The number of hydrogen-bond acceptors (Lipinski definition) is 4. The summed E-state index contributed by atoms with van der Waals surface area (Å²) < 4.78 is 17.4. The van der Waals surface area contributed by atoms with Crippen LogP contribution in [0.25, 0.3) is 0 Å². The van der Waals surface area contributed by atoms with Gasteiger partial charge in [-0.15, -0.1) is 0 Å². The highest BCUT2D eigenvalue weighted by atomic mass is 79.9. The molecule has 1 amide bonds. The van der Waals surface area contributed by atoms with Gasteiger partial charge in [-0.2, -0.15) is 0 Å². The summed E-state index contributed by atoms with van der Waals surface area (Å²) in [6, 6.07) is 7.51. The molecule has 0 radical (unpaired) electrons. The first kappa shape index (κ1) is 21.6. The molecule has 0 saturated heterocycles. The maximum absolute atomic E-state index is 12.9. The first-order chi connectivity index (χ1) is 12.6. The summed E-state index contributed by atoms with van der Waals surface area (Å²) in [6.45, 7) is 6.42. The topological polar surface area (TPSA) is 56.8 Å². The Labute approximate surface area is 176 Å². The molecule has 0 aliphatic rings. The highest BCUT2D eigenvalue weighted by molar-refractivity contribution is 9.11. The number of benzene rings is 2. The number of anilines is 1. The third kappa shape index (κ3) is 4.58. The third-order valence-electron chi connectivity index (χ3n) is 4.10. The normalized spacial score (nSPS) is 11.1. The van der Waals surface area contributed by atoms with Crippen molar-refractivity contribution in [3.8, 4) is 17.2 Å². The van der Waals surface area contributed by atoms with Crippen molar-refractivity contribution in [1.82, 2.24) is 0 Å². The molecule has 0 aromatic heterocycles. The zero-order valence-electron chi connectivity index (χ0n) is 16.2. The van der Waals surface area contributed by atoms with Crippen LogP contribution in [0, 0.1) is 0 Å². The number of amides is 1. The molecule has 1 N–H and O–H groups in total. The van der Waals surface area contributed by atoms with Crippen molar-refractivity contribution in [2.24, 2.45) is 0 Å². The quantitative estimate of drug-likeness (QED) is 0.564. The predicted octanol–water partition coefficient (Wildman–Crippen LogP) is 5.79. The lowest BCUT2D eigenvalue weighted by Gasteiger charge is -2.20.